The van der Waals surface area contributed by atoms with Gasteiger partial charge in [-0.1, -0.05) is 35.3 Å². The third kappa shape index (κ3) is 4.40. The molecular weight excluding hydrogens is 449 g/mol. The molecule has 4 aromatic rings. The van der Waals surface area contributed by atoms with Gasteiger partial charge in [0.15, 0.2) is 5.65 Å². The highest BCUT2D eigenvalue weighted by Crippen LogP contribution is 2.23. The molecule has 2 aromatic heterocycles. The fourth-order valence-corrected chi connectivity index (χ4v) is 3.91. The summed E-state index contributed by atoms with van der Waals surface area (Å²) in [4.78, 5) is 31.6. The average molecular weight is 470 g/mol. The van der Waals surface area contributed by atoms with Crippen LogP contribution in [0.25, 0.3) is 16.7 Å². The number of likely N-dealkylation sites (N-methyl/N-ethyl adjacent to an activating group) is 1. The van der Waals surface area contributed by atoms with Crippen molar-refractivity contribution in [1.29, 1.82) is 0 Å². The lowest BCUT2D eigenvalue weighted by Gasteiger charge is -2.18. The predicted octanol–water partition coefficient (Wildman–Crippen LogP) is 4.16. The number of hydrogen-bond donors (Lipinski definition) is 0. The molecule has 4 rings (SSSR count). The second kappa shape index (κ2) is 8.76. The Morgan fingerprint density at radius 3 is 2.47 bits per heavy atom. The predicted molar refractivity (Wildman–Crippen MR) is 126 cm³/mol. The molecular formula is C23H21Cl2N5O2. The van der Waals surface area contributed by atoms with Gasteiger partial charge in [-0.2, -0.15) is 5.10 Å². The molecule has 0 saturated heterocycles. The molecule has 0 spiro atoms. The number of aromatic nitrogens is 4. The van der Waals surface area contributed by atoms with Gasteiger partial charge in [-0.05, 0) is 54.8 Å². The number of hydrogen-bond acceptors (Lipinski definition) is 4. The summed E-state index contributed by atoms with van der Waals surface area (Å²) in [6, 6.07) is 11.2. The number of rotatable bonds is 5. The molecule has 0 aliphatic heterocycles. The molecule has 7 nitrogen and oxygen atoms in total. The van der Waals surface area contributed by atoms with Crippen LogP contribution in [0.3, 0.4) is 0 Å². The van der Waals surface area contributed by atoms with Gasteiger partial charge < -0.3 is 4.90 Å². The Balaban J connectivity index is 1.57. The highest BCUT2D eigenvalue weighted by atomic mass is 35.5. The Kier molecular flexibility index (Phi) is 6.04. The van der Waals surface area contributed by atoms with E-state index in [1.807, 2.05) is 26.0 Å². The number of fused-ring (bicyclic) bond motifs is 1. The monoisotopic (exact) mass is 469 g/mol. The molecule has 0 unspecified atom stereocenters. The van der Waals surface area contributed by atoms with E-state index in [2.05, 4.69) is 16.1 Å². The normalized spacial score (nSPS) is 11.2. The molecule has 9 heteroatoms. The van der Waals surface area contributed by atoms with Gasteiger partial charge in [-0.3, -0.25) is 14.2 Å². The van der Waals surface area contributed by atoms with Crippen molar-refractivity contribution in [2.45, 2.75) is 26.9 Å². The van der Waals surface area contributed by atoms with Crippen LogP contribution in [0.4, 0.5) is 0 Å². The summed E-state index contributed by atoms with van der Waals surface area (Å²) >= 11 is 12.0. The Bertz CT molecular complexity index is 1370. The average Bonchev–Trinajstić information content (AvgIpc) is 3.17. The highest BCUT2D eigenvalue weighted by Gasteiger charge is 2.16. The molecule has 0 saturated carbocycles. The van der Waals surface area contributed by atoms with Gasteiger partial charge in [-0.25, -0.2) is 9.67 Å². The number of nitrogens with zero attached hydrogens (tertiary/aromatic N) is 5. The highest BCUT2D eigenvalue weighted by molar-refractivity contribution is 6.42. The van der Waals surface area contributed by atoms with E-state index in [1.54, 1.807) is 29.9 Å². The fraction of sp³-hybridized carbons (Fsp3) is 0.217. The molecule has 2 aromatic carbocycles. The Morgan fingerprint density at radius 1 is 1.06 bits per heavy atom. The van der Waals surface area contributed by atoms with E-state index in [0.29, 0.717) is 27.6 Å². The molecule has 0 aliphatic carbocycles. The summed E-state index contributed by atoms with van der Waals surface area (Å²) in [5, 5.41) is 5.59. The van der Waals surface area contributed by atoms with Gasteiger partial charge in [0.05, 0.1) is 21.9 Å². The summed E-state index contributed by atoms with van der Waals surface area (Å²) in [6.45, 7) is 4.21. The van der Waals surface area contributed by atoms with Crippen LogP contribution in [0, 0.1) is 13.8 Å². The summed E-state index contributed by atoms with van der Waals surface area (Å²) < 4.78 is 2.93. The second-order valence-corrected chi connectivity index (χ2v) is 8.63. The lowest BCUT2D eigenvalue weighted by atomic mass is 10.1. The summed E-state index contributed by atoms with van der Waals surface area (Å²) in [5.41, 5.74) is 3.99. The zero-order chi connectivity index (χ0) is 23.0. The van der Waals surface area contributed by atoms with Gasteiger partial charge >= 0.3 is 0 Å². The molecule has 0 aliphatic rings. The third-order valence-corrected chi connectivity index (χ3v) is 5.88. The zero-order valence-corrected chi connectivity index (χ0v) is 19.4. The molecule has 0 atom stereocenters. The van der Waals surface area contributed by atoms with Crippen molar-refractivity contribution in [2.24, 2.45) is 0 Å². The van der Waals surface area contributed by atoms with E-state index >= 15 is 0 Å². The largest absolute Gasteiger partial charge is 0.340 e. The van der Waals surface area contributed by atoms with Gasteiger partial charge in [0, 0.05) is 13.6 Å². The van der Waals surface area contributed by atoms with Gasteiger partial charge in [0.25, 0.3) is 5.56 Å². The lowest BCUT2D eigenvalue weighted by molar-refractivity contribution is -0.131. The molecule has 2 heterocycles. The first-order valence-electron chi connectivity index (χ1n) is 9.92. The molecule has 32 heavy (non-hydrogen) atoms. The van der Waals surface area contributed by atoms with Crippen LogP contribution in [0.2, 0.25) is 10.0 Å². The Morgan fingerprint density at radius 2 is 1.78 bits per heavy atom. The Labute approximate surface area is 194 Å². The summed E-state index contributed by atoms with van der Waals surface area (Å²) in [6.07, 6.45) is 2.87. The van der Waals surface area contributed by atoms with Crippen molar-refractivity contribution in [3.05, 3.63) is 86.0 Å². The van der Waals surface area contributed by atoms with Crippen molar-refractivity contribution in [1.82, 2.24) is 24.2 Å². The molecule has 164 valence electrons. The van der Waals surface area contributed by atoms with Crippen LogP contribution < -0.4 is 5.56 Å². The number of halogens is 2. The van der Waals surface area contributed by atoms with Crippen LogP contribution >= 0.6 is 23.2 Å². The maximum absolute atomic E-state index is 13.0. The van der Waals surface area contributed by atoms with Crippen molar-refractivity contribution in [3.63, 3.8) is 0 Å². The van der Waals surface area contributed by atoms with Crippen LogP contribution in [-0.2, 0) is 17.9 Å². The second-order valence-electron chi connectivity index (χ2n) is 7.82. The standard InChI is InChI=1S/C23H21Cl2N5O2/c1-14-6-15(2)8-17(7-14)30-22-18(10-27-30)23(32)29(13-26-22)12-21(31)28(3)11-16-4-5-19(24)20(25)9-16/h4-10,13H,11-12H2,1-3H3. The Hall–Kier alpha value is -3.16. The molecule has 0 bridgehead atoms. The first kappa shape index (κ1) is 22.0. The first-order valence-corrected chi connectivity index (χ1v) is 10.7. The maximum atomic E-state index is 13.0. The number of benzene rings is 2. The van der Waals surface area contributed by atoms with Gasteiger partial charge in [0.1, 0.15) is 18.3 Å². The topological polar surface area (TPSA) is 73.0 Å². The van der Waals surface area contributed by atoms with Crippen LogP contribution in [0.5, 0.6) is 0 Å². The molecule has 0 fully saturated rings. The number of carbonyl (C=O) groups is 1. The maximum Gasteiger partial charge on any atom is 0.264 e. The summed E-state index contributed by atoms with van der Waals surface area (Å²) in [5.74, 6) is -0.235. The van der Waals surface area contributed by atoms with Crippen LogP contribution in [-0.4, -0.2) is 37.2 Å². The lowest BCUT2D eigenvalue weighted by Crippen LogP contribution is -2.33. The van der Waals surface area contributed by atoms with Gasteiger partial charge in [-0.15, -0.1) is 0 Å². The van der Waals surface area contributed by atoms with E-state index in [9.17, 15) is 9.59 Å². The summed E-state index contributed by atoms with van der Waals surface area (Å²) in [7, 11) is 1.67. The van der Waals surface area contributed by atoms with E-state index < -0.39 is 0 Å². The number of aryl methyl sites for hydroxylation is 2. The van der Waals surface area contributed by atoms with Crippen molar-refractivity contribution < 1.29 is 4.79 Å². The van der Waals surface area contributed by atoms with Gasteiger partial charge in [0.2, 0.25) is 5.91 Å². The van der Waals surface area contributed by atoms with E-state index in [1.165, 1.54) is 22.0 Å². The molecule has 0 N–H and O–H groups in total. The van der Waals surface area contributed by atoms with Crippen LogP contribution in [0.1, 0.15) is 16.7 Å². The smallest absolute Gasteiger partial charge is 0.264 e. The van der Waals surface area contributed by atoms with E-state index in [-0.39, 0.29) is 18.0 Å². The molecule has 1 amide bonds. The van der Waals surface area contributed by atoms with Crippen molar-refractivity contribution in [3.8, 4) is 5.69 Å². The first-order chi connectivity index (χ1) is 15.2. The number of carbonyl (C=O) groups excluding carboxylic acids is 1. The van der Waals surface area contributed by atoms with E-state index in [4.69, 9.17) is 23.2 Å². The number of amides is 1. The quantitative estimate of drug-likeness (QED) is 0.439. The zero-order valence-electron chi connectivity index (χ0n) is 17.8. The minimum Gasteiger partial charge on any atom is -0.340 e. The van der Waals surface area contributed by atoms with Crippen molar-refractivity contribution in [2.75, 3.05) is 7.05 Å². The van der Waals surface area contributed by atoms with Crippen molar-refractivity contribution >= 4 is 40.1 Å². The third-order valence-electron chi connectivity index (χ3n) is 5.14. The van der Waals surface area contributed by atoms with E-state index in [0.717, 1.165) is 22.4 Å². The minimum absolute atomic E-state index is 0.131. The molecule has 0 radical (unpaired) electrons. The SMILES string of the molecule is Cc1cc(C)cc(-n2ncc3c(=O)n(CC(=O)N(C)Cc4ccc(Cl)c(Cl)c4)cnc32)c1. The minimum atomic E-state index is -0.318. The van der Waals surface area contributed by atoms with Crippen LogP contribution in [0.15, 0.2) is 53.7 Å². The fourth-order valence-electron chi connectivity index (χ4n) is 3.59.